The minimum absolute atomic E-state index is 0.865. The van der Waals surface area contributed by atoms with Crippen LogP contribution in [0.5, 0.6) is 0 Å². The molecule has 0 aliphatic carbocycles. The maximum atomic E-state index is 11.5. The summed E-state index contributed by atoms with van der Waals surface area (Å²) >= 11 is 0. The van der Waals surface area contributed by atoms with Crippen LogP contribution in [0.3, 0.4) is 0 Å². The first-order valence-electron chi connectivity index (χ1n) is 21.1. The highest BCUT2D eigenvalue weighted by Crippen LogP contribution is 2.37. The summed E-state index contributed by atoms with van der Waals surface area (Å²) in [5.41, 5.74) is 0. The van der Waals surface area contributed by atoms with Crippen LogP contribution in [0.25, 0.3) is 0 Å². The smallest absolute Gasteiger partial charge is 0.187 e. The van der Waals surface area contributed by atoms with Crippen molar-refractivity contribution in [2.24, 2.45) is 0 Å². The predicted molar refractivity (Wildman–Crippen MR) is 199 cm³/mol. The van der Waals surface area contributed by atoms with Crippen LogP contribution in [0.4, 0.5) is 0 Å². The average Bonchev–Trinajstić information content (AvgIpc) is 3.32. The van der Waals surface area contributed by atoms with Crippen LogP contribution >= 0.6 is 0 Å². The number of aliphatic hydroxyl groups excluding tert-OH is 20. The molecule has 0 aromatic heterocycles. The van der Waals surface area contributed by atoms with E-state index in [0.717, 1.165) is 0 Å². The van der Waals surface area contributed by atoms with Gasteiger partial charge in [0.25, 0.3) is 0 Å². The van der Waals surface area contributed by atoms with Crippen LogP contribution in [-0.2, 0) is 52.1 Å². The summed E-state index contributed by atoms with van der Waals surface area (Å²) in [7, 11) is 0. The molecule has 0 aromatic carbocycles. The van der Waals surface area contributed by atoms with Gasteiger partial charge in [0.1, 0.15) is 146 Å². The second-order valence-corrected chi connectivity index (χ2v) is 16.8. The molecule has 0 amide bonds. The van der Waals surface area contributed by atoms with Crippen molar-refractivity contribution in [1.29, 1.82) is 0 Å². The topological polar surface area (TPSA) is 506 Å². The minimum Gasteiger partial charge on any atom is -0.394 e. The maximum absolute atomic E-state index is 11.5. The lowest BCUT2D eigenvalue weighted by Gasteiger charge is -2.50. The van der Waals surface area contributed by atoms with Crippen molar-refractivity contribution in [1.82, 2.24) is 0 Å². The number of aliphatic hydroxyl groups is 20. The number of hydrogen-bond donors (Lipinski definition) is 20. The van der Waals surface area contributed by atoms with Gasteiger partial charge < -0.3 is 154 Å². The fourth-order valence-electron chi connectivity index (χ4n) is 8.42. The van der Waals surface area contributed by atoms with E-state index in [9.17, 15) is 102 Å². The average molecular weight is 991 g/mol. The molecule has 0 saturated carbocycles. The van der Waals surface area contributed by atoms with E-state index in [0.29, 0.717) is 0 Å². The van der Waals surface area contributed by atoms with Crippen molar-refractivity contribution in [2.45, 2.75) is 184 Å². The Hall–Kier alpha value is -1.24. The van der Waals surface area contributed by atoms with Gasteiger partial charge in [-0.2, -0.15) is 0 Å². The van der Waals surface area contributed by atoms with Gasteiger partial charge in [-0.15, -0.1) is 0 Å². The molecular formula is C36H62O31. The Morgan fingerprint density at radius 2 is 0.433 bits per heavy atom. The van der Waals surface area contributed by atoms with Crippen LogP contribution in [0.15, 0.2) is 0 Å². The monoisotopic (exact) mass is 990 g/mol. The summed E-state index contributed by atoms with van der Waals surface area (Å²) in [6.45, 7) is -5.86. The fourth-order valence-corrected chi connectivity index (χ4v) is 8.42. The van der Waals surface area contributed by atoms with Crippen molar-refractivity contribution in [3.63, 3.8) is 0 Å². The van der Waals surface area contributed by atoms with Gasteiger partial charge in [0, 0.05) is 0 Å². The third kappa shape index (κ3) is 11.2. The molecule has 20 N–H and O–H groups in total. The first-order valence-corrected chi connectivity index (χ1v) is 21.1. The number of hydrogen-bond acceptors (Lipinski definition) is 31. The lowest BCUT2D eigenvalue weighted by molar-refractivity contribution is -0.417. The van der Waals surface area contributed by atoms with Crippen molar-refractivity contribution in [3.8, 4) is 0 Å². The van der Waals surface area contributed by atoms with E-state index in [2.05, 4.69) is 0 Å². The van der Waals surface area contributed by atoms with Crippen molar-refractivity contribution >= 4 is 0 Å². The summed E-state index contributed by atoms with van der Waals surface area (Å²) in [6, 6.07) is 0. The highest BCUT2D eigenvalue weighted by Gasteiger charge is 2.58. The van der Waals surface area contributed by atoms with Crippen LogP contribution in [0.1, 0.15) is 0 Å². The molecule has 6 fully saturated rings. The summed E-state index contributed by atoms with van der Waals surface area (Å²) < 4.78 is 62.2. The Labute approximate surface area is 378 Å². The van der Waals surface area contributed by atoms with Crippen LogP contribution < -0.4 is 0 Å². The fraction of sp³-hybridized carbons (Fsp3) is 1.00. The predicted octanol–water partition coefficient (Wildman–Crippen LogP) is -14.1. The Balaban J connectivity index is 1.31. The van der Waals surface area contributed by atoms with E-state index in [1.165, 1.54) is 0 Å². The number of rotatable bonds is 16. The lowest BCUT2D eigenvalue weighted by Crippen LogP contribution is -2.69. The van der Waals surface area contributed by atoms with E-state index in [4.69, 9.17) is 52.1 Å². The van der Waals surface area contributed by atoms with Gasteiger partial charge >= 0.3 is 0 Å². The Morgan fingerprint density at radius 3 is 0.716 bits per heavy atom. The largest absolute Gasteiger partial charge is 0.394 e. The molecule has 392 valence electrons. The molecule has 0 bridgehead atoms. The molecule has 6 rings (SSSR count). The van der Waals surface area contributed by atoms with Gasteiger partial charge in [-0.05, 0) is 0 Å². The van der Waals surface area contributed by atoms with E-state index >= 15 is 0 Å². The van der Waals surface area contributed by atoms with E-state index < -0.39 is 224 Å². The normalized spacial score (nSPS) is 53.4. The first kappa shape index (κ1) is 55.1. The minimum atomic E-state index is -2.25. The second-order valence-electron chi connectivity index (χ2n) is 16.8. The van der Waals surface area contributed by atoms with Crippen molar-refractivity contribution in [3.05, 3.63) is 0 Å². The van der Waals surface area contributed by atoms with E-state index in [1.54, 1.807) is 0 Å². The third-order valence-electron chi connectivity index (χ3n) is 12.4. The van der Waals surface area contributed by atoms with E-state index in [1.807, 2.05) is 0 Å². The lowest BCUT2D eigenvalue weighted by atomic mass is 9.95. The van der Waals surface area contributed by atoms with E-state index in [-0.39, 0.29) is 0 Å². The van der Waals surface area contributed by atoms with Gasteiger partial charge in [0.15, 0.2) is 37.7 Å². The zero-order valence-corrected chi connectivity index (χ0v) is 35.0. The maximum Gasteiger partial charge on any atom is 0.187 e. The highest BCUT2D eigenvalue weighted by atomic mass is 16.8. The molecular weight excluding hydrogens is 928 g/mol. The standard InChI is InChI=1S/C36H62O31/c37-1-7-14(44)20(50)26(31(56)57-7)63-33-28(22(52)16(46)9(3-39)59-33)65-35-30(24(54)18(48)11(5-41)61-35)67-36-29(23(53)17(47)12(6-42)62-36)66-34-27(21(51)15(45)10(4-40)60-34)64-32-25(55)19(49)13(43)8(2-38)58-32/h7-56H,1-6H2. The van der Waals surface area contributed by atoms with Crippen LogP contribution in [-0.4, -0.2) is 326 Å². The molecule has 6 aliphatic heterocycles. The quantitative estimate of drug-likeness (QED) is 0.0683. The molecule has 67 heavy (non-hydrogen) atoms. The molecule has 31 nitrogen and oxygen atoms in total. The SMILES string of the molecule is OCC1OC(OC2C(OC3C(OC4C(OC5C(OC6C(O)OC(CO)C(O)C6O)OC(CO)C(O)C5O)OC(CO)C(O)C4O)OC(CO)C(O)C3O)OC(CO)C(O)C2O)C(O)C(O)C1O. The molecule has 30 unspecified atom stereocenters. The van der Waals surface area contributed by atoms with Gasteiger partial charge in [-0.3, -0.25) is 0 Å². The second kappa shape index (κ2) is 23.5. The van der Waals surface area contributed by atoms with Gasteiger partial charge in [0.05, 0.1) is 39.6 Å². The van der Waals surface area contributed by atoms with Crippen molar-refractivity contribution in [2.75, 3.05) is 39.6 Å². The summed E-state index contributed by atoms with van der Waals surface area (Å²) in [5, 5.41) is 211. The zero-order chi connectivity index (χ0) is 49.3. The highest BCUT2D eigenvalue weighted by molar-refractivity contribution is 5.00. The summed E-state index contributed by atoms with van der Waals surface area (Å²) in [6.07, 6.45) is -60.2. The molecule has 6 aliphatic rings. The molecule has 0 radical (unpaired) electrons. The molecule has 6 heterocycles. The molecule has 0 aromatic rings. The zero-order valence-electron chi connectivity index (χ0n) is 35.0. The summed E-state index contributed by atoms with van der Waals surface area (Å²) in [4.78, 5) is 0. The van der Waals surface area contributed by atoms with Crippen LogP contribution in [0, 0.1) is 0 Å². The van der Waals surface area contributed by atoms with Gasteiger partial charge in [0.2, 0.25) is 0 Å². The van der Waals surface area contributed by atoms with Crippen molar-refractivity contribution < 1.29 is 154 Å². The molecule has 30 atom stereocenters. The molecule has 0 spiro atoms. The van der Waals surface area contributed by atoms with Gasteiger partial charge in [-0.1, -0.05) is 0 Å². The number of ether oxygens (including phenoxy) is 11. The Bertz CT molecular complexity index is 1510. The summed E-state index contributed by atoms with van der Waals surface area (Å²) in [5.74, 6) is 0. The third-order valence-corrected chi connectivity index (χ3v) is 12.4. The Morgan fingerprint density at radius 1 is 0.224 bits per heavy atom. The Kier molecular flexibility index (Phi) is 19.4. The van der Waals surface area contributed by atoms with Crippen LogP contribution in [0.2, 0.25) is 0 Å². The van der Waals surface area contributed by atoms with Gasteiger partial charge in [-0.25, -0.2) is 0 Å². The molecule has 31 heteroatoms. The molecule has 6 saturated heterocycles. The first-order chi connectivity index (χ1) is 31.8.